The van der Waals surface area contributed by atoms with Crippen molar-refractivity contribution in [2.45, 2.75) is 37.9 Å². The molecule has 4 nitrogen and oxygen atoms in total. The summed E-state index contributed by atoms with van der Waals surface area (Å²) in [5, 5.41) is 0. The number of hydrogen-bond donors (Lipinski definition) is 1. The van der Waals surface area contributed by atoms with Crippen LogP contribution in [0.15, 0.2) is 18.2 Å². The molecule has 2 aliphatic rings. The van der Waals surface area contributed by atoms with Crippen molar-refractivity contribution >= 4 is 0 Å². The molecule has 1 heterocycles. The molecule has 1 aliphatic carbocycles. The maximum Gasteiger partial charge on any atom is 0.119 e. The lowest BCUT2D eigenvalue weighted by atomic mass is 10.1. The van der Waals surface area contributed by atoms with Crippen molar-refractivity contribution in [3.63, 3.8) is 0 Å². The summed E-state index contributed by atoms with van der Waals surface area (Å²) in [6.45, 7) is 5.79. The molecule has 1 aliphatic heterocycles. The molecule has 1 aromatic rings. The molecule has 3 unspecified atom stereocenters. The summed E-state index contributed by atoms with van der Waals surface area (Å²) in [6.07, 6.45) is 2.29. The highest BCUT2D eigenvalue weighted by molar-refractivity contribution is 5.42. The molecule has 0 saturated carbocycles. The summed E-state index contributed by atoms with van der Waals surface area (Å²) in [7, 11) is 3.93. The molecule has 0 aromatic heterocycles. The lowest BCUT2D eigenvalue weighted by Gasteiger charge is -2.35. The monoisotopic (exact) mass is 289 g/mol. The Morgan fingerprint density at radius 1 is 1.29 bits per heavy atom. The van der Waals surface area contributed by atoms with Crippen LogP contribution in [0.4, 0.5) is 0 Å². The topological polar surface area (TPSA) is 41.7 Å². The van der Waals surface area contributed by atoms with Crippen LogP contribution in [0.1, 0.15) is 30.5 Å². The zero-order chi connectivity index (χ0) is 15.0. The lowest BCUT2D eigenvalue weighted by Crippen LogP contribution is -2.48. The average molecular weight is 289 g/mol. The van der Waals surface area contributed by atoms with Gasteiger partial charge in [0.15, 0.2) is 0 Å². The quantitative estimate of drug-likeness (QED) is 0.899. The Bertz CT molecular complexity index is 505. The van der Waals surface area contributed by atoms with Crippen molar-refractivity contribution in [3.05, 3.63) is 29.3 Å². The van der Waals surface area contributed by atoms with Crippen molar-refractivity contribution in [2.75, 3.05) is 33.8 Å². The van der Waals surface area contributed by atoms with Gasteiger partial charge in [0.1, 0.15) is 5.75 Å². The number of methoxy groups -OCH3 is 1. The van der Waals surface area contributed by atoms with Gasteiger partial charge in [-0.3, -0.25) is 4.90 Å². The van der Waals surface area contributed by atoms with Crippen LogP contribution in [-0.2, 0) is 6.42 Å². The van der Waals surface area contributed by atoms with E-state index in [0.29, 0.717) is 12.1 Å². The first kappa shape index (κ1) is 14.8. The summed E-state index contributed by atoms with van der Waals surface area (Å²) < 4.78 is 5.35. The van der Waals surface area contributed by atoms with E-state index in [1.807, 2.05) is 6.07 Å². The molecule has 2 N–H and O–H groups in total. The standard InChI is InChI=1S/C17H27N3O/c1-12-11-19(2)7-4-8-20(12)16-9-13-5-6-14(21-3)10-15(13)17(16)18/h5-6,10,12,16-17H,4,7-9,11,18H2,1-3H3. The van der Waals surface area contributed by atoms with Gasteiger partial charge in [0.2, 0.25) is 0 Å². The molecule has 0 radical (unpaired) electrons. The lowest BCUT2D eigenvalue weighted by molar-refractivity contribution is 0.130. The van der Waals surface area contributed by atoms with E-state index in [-0.39, 0.29) is 6.04 Å². The van der Waals surface area contributed by atoms with Gasteiger partial charge in [-0.1, -0.05) is 6.07 Å². The maximum atomic E-state index is 6.58. The SMILES string of the molecule is COc1ccc2c(c1)C(N)C(N1CCCN(C)CC1C)C2. The number of likely N-dealkylation sites (N-methyl/N-ethyl adjacent to an activating group) is 1. The first-order valence-electron chi connectivity index (χ1n) is 7.97. The molecule has 116 valence electrons. The van der Waals surface area contributed by atoms with E-state index in [2.05, 4.69) is 35.9 Å². The van der Waals surface area contributed by atoms with Gasteiger partial charge in [-0.15, -0.1) is 0 Å². The Morgan fingerprint density at radius 3 is 2.86 bits per heavy atom. The number of nitrogens with zero attached hydrogens (tertiary/aromatic N) is 2. The van der Waals surface area contributed by atoms with Crippen molar-refractivity contribution in [1.29, 1.82) is 0 Å². The molecule has 3 rings (SSSR count). The fourth-order valence-electron chi connectivity index (χ4n) is 3.96. The number of nitrogens with two attached hydrogens (primary N) is 1. The van der Waals surface area contributed by atoms with E-state index >= 15 is 0 Å². The van der Waals surface area contributed by atoms with E-state index < -0.39 is 0 Å². The van der Waals surface area contributed by atoms with Gasteiger partial charge in [-0.25, -0.2) is 0 Å². The summed E-state index contributed by atoms with van der Waals surface area (Å²) >= 11 is 0. The van der Waals surface area contributed by atoms with Gasteiger partial charge in [0.25, 0.3) is 0 Å². The van der Waals surface area contributed by atoms with Crippen LogP contribution in [0.5, 0.6) is 5.75 Å². The Balaban J connectivity index is 1.81. The Kier molecular flexibility index (Phi) is 4.20. The predicted molar refractivity (Wildman–Crippen MR) is 85.7 cm³/mol. The highest BCUT2D eigenvalue weighted by atomic mass is 16.5. The minimum atomic E-state index is 0.0981. The van der Waals surface area contributed by atoms with Crippen LogP contribution >= 0.6 is 0 Å². The molecule has 1 saturated heterocycles. The summed E-state index contributed by atoms with van der Waals surface area (Å²) in [6, 6.07) is 7.43. The van der Waals surface area contributed by atoms with E-state index in [9.17, 15) is 0 Å². The van der Waals surface area contributed by atoms with Crippen molar-refractivity contribution < 1.29 is 4.74 Å². The maximum absolute atomic E-state index is 6.58. The summed E-state index contributed by atoms with van der Waals surface area (Å²) in [5.74, 6) is 0.911. The van der Waals surface area contributed by atoms with Crippen molar-refractivity contribution in [1.82, 2.24) is 9.80 Å². The fraction of sp³-hybridized carbons (Fsp3) is 0.647. The number of ether oxygens (including phenoxy) is 1. The number of fused-ring (bicyclic) bond motifs is 1. The molecule has 4 heteroatoms. The number of hydrogen-bond acceptors (Lipinski definition) is 4. The van der Waals surface area contributed by atoms with Gasteiger partial charge >= 0.3 is 0 Å². The van der Waals surface area contributed by atoms with Gasteiger partial charge < -0.3 is 15.4 Å². The molecule has 0 spiro atoms. The highest BCUT2D eigenvalue weighted by Crippen LogP contribution is 2.36. The predicted octanol–water partition coefficient (Wildman–Crippen LogP) is 1.65. The van der Waals surface area contributed by atoms with E-state index in [4.69, 9.17) is 10.5 Å². The average Bonchev–Trinajstić information content (AvgIpc) is 2.69. The van der Waals surface area contributed by atoms with E-state index in [1.54, 1.807) is 7.11 Å². The summed E-state index contributed by atoms with van der Waals surface area (Å²) in [4.78, 5) is 5.06. The third-order valence-electron chi connectivity index (χ3n) is 5.08. The Hall–Kier alpha value is -1.10. The fourth-order valence-corrected chi connectivity index (χ4v) is 3.96. The zero-order valence-corrected chi connectivity index (χ0v) is 13.4. The normalized spacial score (nSPS) is 31.0. The second-order valence-electron chi connectivity index (χ2n) is 6.56. The van der Waals surface area contributed by atoms with Crippen LogP contribution in [-0.4, -0.2) is 55.7 Å². The number of benzene rings is 1. The zero-order valence-electron chi connectivity index (χ0n) is 13.4. The van der Waals surface area contributed by atoms with Crippen LogP contribution in [0, 0.1) is 0 Å². The smallest absolute Gasteiger partial charge is 0.119 e. The van der Waals surface area contributed by atoms with Crippen molar-refractivity contribution in [2.24, 2.45) is 5.73 Å². The van der Waals surface area contributed by atoms with Gasteiger partial charge in [-0.05, 0) is 56.6 Å². The Labute approximate surface area is 127 Å². The van der Waals surface area contributed by atoms with Crippen LogP contribution in [0.3, 0.4) is 0 Å². The third kappa shape index (κ3) is 2.80. The molecule has 3 atom stereocenters. The van der Waals surface area contributed by atoms with E-state index in [0.717, 1.165) is 25.3 Å². The minimum absolute atomic E-state index is 0.0981. The van der Waals surface area contributed by atoms with Gasteiger partial charge in [0.05, 0.1) is 7.11 Å². The molecule has 1 fully saturated rings. The summed E-state index contributed by atoms with van der Waals surface area (Å²) in [5.41, 5.74) is 9.24. The largest absolute Gasteiger partial charge is 0.497 e. The molecular formula is C17H27N3O. The molecule has 0 bridgehead atoms. The number of rotatable bonds is 2. The van der Waals surface area contributed by atoms with E-state index in [1.165, 1.54) is 24.1 Å². The molecular weight excluding hydrogens is 262 g/mol. The second-order valence-corrected chi connectivity index (χ2v) is 6.56. The van der Waals surface area contributed by atoms with Gasteiger partial charge in [0, 0.05) is 31.2 Å². The first-order valence-corrected chi connectivity index (χ1v) is 7.97. The second kappa shape index (κ2) is 5.95. The van der Waals surface area contributed by atoms with Crippen LogP contribution < -0.4 is 10.5 Å². The van der Waals surface area contributed by atoms with Gasteiger partial charge in [-0.2, -0.15) is 0 Å². The molecule has 21 heavy (non-hydrogen) atoms. The first-order chi connectivity index (χ1) is 10.1. The molecule has 0 amide bonds. The molecule has 1 aromatic carbocycles. The van der Waals surface area contributed by atoms with Crippen LogP contribution in [0.25, 0.3) is 0 Å². The van der Waals surface area contributed by atoms with Crippen LogP contribution in [0.2, 0.25) is 0 Å². The Morgan fingerprint density at radius 2 is 2.10 bits per heavy atom. The highest BCUT2D eigenvalue weighted by Gasteiger charge is 2.36. The minimum Gasteiger partial charge on any atom is -0.497 e. The van der Waals surface area contributed by atoms with Crippen molar-refractivity contribution in [3.8, 4) is 5.75 Å². The third-order valence-corrected chi connectivity index (χ3v) is 5.08.